The number of aromatic nitrogens is 4. The average molecular weight is 352 g/mol. The van der Waals surface area contributed by atoms with E-state index < -0.39 is 0 Å². The summed E-state index contributed by atoms with van der Waals surface area (Å²) >= 11 is 0. The van der Waals surface area contributed by atoms with Crippen LogP contribution in [0.3, 0.4) is 0 Å². The molecule has 4 rings (SSSR count). The molecule has 0 N–H and O–H groups in total. The van der Waals surface area contributed by atoms with Crippen LogP contribution in [0.25, 0.3) is 28.0 Å². The van der Waals surface area contributed by atoms with Crippen LogP contribution in [0.4, 0.5) is 0 Å². The highest BCUT2D eigenvalue weighted by Gasteiger charge is 2.13. The maximum absolute atomic E-state index is 11.7. The number of carbonyl (C=O) groups is 1. The van der Waals surface area contributed by atoms with Crippen molar-refractivity contribution >= 4 is 16.7 Å². The van der Waals surface area contributed by atoms with Gasteiger partial charge in [-0.3, -0.25) is 4.79 Å². The van der Waals surface area contributed by atoms with E-state index in [2.05, 4.69) is 21.0 Å². The number of nitrogens with zero attached hydrogens (tertiary/aromatic N) is 4. The standard InChI is InChI=1S/C22H16N4O/c1-4-16-11-17(20-9-6-8-19(25-20)15(3)27)12-21-18(16)13-23-26(21)22-10-5-7-14(2)24-22/h1,5-13H,2-3H3. The second-order valence-corrected chi connectivity index (χ2v) is 6.26. The molecule has 130 valence electrons. The SMILES string of the molecule is C#Cc1cc(-c2cccc(C(C)=O)n2)cc2c1cnn2-c1cccc(C)n1. The molecule has 0 fully saturated rings. The zero-order valence-corrected chi connectivity index (χ0v) is 15.0. The maximum Gasteiger partial charge on any atom is 0.178 e. The normalized spacial score (nSPS) is 10.7. The maximum atomic E-state index is 11.7. The Labute approximate surface area is 156 Å². The van der Waals surface area contributed by atoms with Crippen molar-refractivity contribution < 1.29 is 4.79 Å². The fourth-order valence-corrected chi connectivity index (χ4v) is 3.01. The molecule has 0 unspecified atom stereocenters. The summed E-state index contributed by atoms with van der Waals surface area (Å²) in [5.74, 6) is 3.36. The summed E-state index contributed by atoms with van der Waals surface area (Å²) in [6, 6.07) is 15.0. The van der Waals surface area contributed by atoms with Gasteiger partial charge >= 0.3 is 0 Å². The molecule has 3 aromatic heterocycles. The first-order valence-electron chi connectivity index (χ1n) is 8.47. The highest BCUT2D eigenvalue weighted by molar-refractivity contribution is 5.93. The minimum absolute atomic E-state index is 0.0795. The Morgan fingerprint density at radius 1 is 1.11 bits per heavy atom. The van der Waals surface area contributed by atoms with Crippen LogP contribution in [0, 0.1) is 19.3 Å². The molecular formula is C22H16N4O. The quantitative estimate of drug-likeness (QED) is 0.413. The predicted octanol–water partition coefficient (Wildman–Crippen LogP) is 3.97. The Kier molecular flexibility index (Phi) is 4.02. The molecule has 0 saturated heterocycles. The molecule has 5 heteroatoms. The smallest absolute Gasteiger partial charge is 0.178 e. The Hall–Kier alpha value is -3.78. The van der Waals surface area contributed by atoms with Crippen molar-refractivity contribution in [1.82, 2.24) is 19.7 Å². The lowest BCUT2D eigenvalue weighted by molar-refractivity contribution is 0.101. The van der Waals surface area contributed by atoms with Gasteiger partial charge in [-0.15, -0.1) is 6.42 Å². The molecule has 0 spiro atoms. The lowest BCUT2D eigenvalue weighted by Crippen LogP contribution is -2.01. The molecule has 0 atom stereocenters. The fraction of sp³-hybridized carbons (Fsp3) is 0.0909. The van der Waals surface area contributed by atoms with Gasteiger partial charge in [-0.1, -0.05) is 18.1 Å². The Bertz CT molecular complexity index is 1230. The van der Waals surface area contributed by atoms with Crippen molar-refractivity contribution in [3.05, 3.63) is 71.7 Å². The summed E-state index contributed by atoms with van der Waals surface area (Å²) in [6.45, 7) is 3.44. The van der Waals surface area contributed by atoms with Crippen molar-refractivity contribution in [3.63, 3.8) is 0 Å². The van der Waals surface area contributed by atoms with Crippen LogP contribution in [0.1, 0.15) is 28.7 Å². The van der Waals surface area contributed by atoms with Crippen LogP contribution in [-0.4, -0.2) is 25.5 Å². The van der Waals surface area contributed by atoms with Gasteiger partial charge in [0.15, 0.2) is 11.6 Å². The summed E-state index contributed by atoms with van der Waals surface area (Å²) < 4.78 is 1.77. The molecule has 0 bridgehead atoms. The minimum Gasteiger partial charge on any atom is -0.293 e. The number of aryl methyl sites for hydroxylation is 1. The van der Waals surface area contributed by atoms with E-state index in [-0.39, 0.29) is 5.78 Å². The minimum atomic E-state index is -0.0795. The van der Waals surface area contributed by atoms with Crippen LogP contribution in [0.2, 0.25) is 0 Å². The van der Waals surface area contributed by atoms with Gasteiger partial charge in [-0.25, -0.2) is 14.6 Å². The summed E-state index contributed by atoms with van der Waals surface area (Å²) in [5, 5.41) is 5.35. The lowest BCUT2D eigenvalue weighted by Gasteiger charge is -2.08. The first-order chi connectivity index (χ1) is 13.1. The first-order valence-corrected chi connectivity index (χ1v) is 8.47. The molecule has 0 amide bonds. The zero-order chi connectivity index (χ0) is 19.0. The number of benzene rings is 1. The van der Waals surface area contributed by atoms with Gasteiger partial charge in [0.2, 0.25) is 0 Å². The molecule has 0 aliphatic carbocycles. The molecule has 0 aliphatic heterocycles. The van der Waals surface area contributed by atoms with Crippen LogP contribution >= 0.6 is 0 Å². The van der Waals surface area contributed by atoms with Gasteiger partial charge in [0.05, 0.1) is 17.4 Å². The van der Waals surface area contributed by atoms with Gasteiger partial charge in [0.25, 0.3) is 0 Å². The third kappa shape index (κ3) is 2.98. The highest BCUT2D eigenvalue weighted by atomic mass is 16.1. The molecule has 0 aliphatic rings. The Morgan fingerprint density at radius 3 is 2.67 bits per heavy atom. The first kappa shape index (κ1) is 16.7. The van der Waals surface area contributed by atoms with Crippen molar-refractivity contribution in [2.24, 2.45) is 0 Å². The van der Waals surface area contributed by atoms with E-state index in [4.69, 9.17) is 6.42 Å². The van der Waals surface area contributed by atoms with Crippen LogP contribution in [-0.2, 0) is 0 Å². The molecule has 0 radical (unpaired) electrons. The van der Waals surface area contributed by atoms with Crippen molar-refractivity contribution in [1.29, 1.82) is 0 Å². The molecule has 5 nitrogen and oxygen atoms in total. The number of rotatable bonds is 3. The second kappa shape index (κ2) is 6.50. The van der Waals surface area contributed by atoms with Crippen molar-refractivity contribution in [3.8, 4) is 29.4 Å². The van der Waals surface area contributed by atoms with Gasteiger partial charge in [-0.2, -0.15) is 5.10 Å². The fourth-order valence-electron chi connectivity index (χ4n) is 3.01. The zero-order valence-electron chi connectivity index (χ0n) is 15.0. The van der Waals surface area contributed by atoms with Gasteiger partial charge < -0.3 is 0 Å². The summed E-state index contributed by atoms with van der Waals surface area (Å²) in [6.07, 6.45) is 7.48. The topological polar surface area (TPSA) is 60.7 Å². The van der Waals surface area contributed by atoms with Gasteiger partial charge in [-0.05, 0) is 43.3 Å². The molecule has 3 heterocycles. The number of hydrogen-bond donors (Lipinski definition) is 0. The summed E-state index contributed by atoms with van der Waals surface area (Å²) in [7, 11) is 0. The number of hydrogen-bond acceptors (Lipinski definition) is 4. The molecule has 27 heavy (non-hydrogen) atoms. The van der Waals surface area contributed by atoms with E-state index in [9.17, 15) is 4.79 Å². The largest absolute Gasteiger partial charge is 0.293 e. The lowest BCUT2D eigenvalue weighted by atomic mass is 10.0. The van der Waals surface area contributed by atoms with Crippen LogP contribution in [0.15, 0.2) is 54.7 Å². The number of pyridine rings is 2. The van der Waals surface area contributed by atoms with E-state index in [0.29, 0.717) is 11.4 Å². The van der Waals surface area contributed by atoms with Gasteiger partial charge in [0, 0.05) is 29.1 Å². The number of ketones is 1. The number of Topliss-reactive ketones (excluding diaryl/α,β-unsaturated/α-hetero) is 1. The predicted molar refractivity (Wildman–Crippen MR) is 105 cm³/mol. The number of carbonyl (C=O) groups excluding carboxylic acids is 1. The third-order valence-electron chi connectivity index (χ3n) is 4.34. The second-order valence-electron chi connectivity index (χ2n) is 6.26. The highest BCUT2D eigenvalue weighted by Crippen LogP contribution is 2.28. The van der Waals surface area contributed by atoms with E-state index in [0.717, 1.165) is 33.5 Å². The molecular weight excluding hydrogens is 336 g/mol. The van der Waals surface area contributed by atoms with Crippen LogP contribution in [0.5, 0.6) is 0 Å². The van der Waals surface area contributed by atoms with E-state index >= 15 is 0 Å². The number of terminal acetylenes is 1. The Morgan fingerprint density at radius 2 is 1.93 bits per heavy atom. The van der Waals surface area contributed by atoms with E-state index in [1.807, 2.05) is 49.4 Å². The van der Waals surface area contributed by atoms with Crippen LogP contribution < -0.4 is 0 Å². The van der Waals surface area contributed by atoms with E-state index in [1.165, 1.54) is 6.92 Å². The third-order valence-corrected chi connectivity index (χ3v) is 4.34. The average Bonchev–Trinajstić information content (AvgIpc) is 3.11. The number of fused-ring (bicyclic) bond motifs is 1. The van der Waals surface area contributed by atoms with Gasteiger partial charge in [0.1, 0.15) is 5.69 Å². The molecule has 0 saturated carbocycles. The Balaban J connectivity index is 1.96. The summed E-state index contributed by atoms with van der Waals surface area (Å²) in [4.78, 5) is 20.7. The van der Waals surface area contributed by atoms with Crippen molar-refractivity contribution in [2.45, 2.75) is 13.8 Å². The monoisotopic (exact) mass is 352 g/mol. The van der Waals surface area contributed by atoms with Crippen molar-refractivity contribution in [2.75, 3.05) is 0 Å². The molecule has 4 aromatic rings. The van der Waals surface area contributed by atoms with E-state index in [1.54, 1.807) is 16.9 Å². The molecule has 1 aromatic carbocycles. The summed E-state index contributed by atoms with van der Waals surface area (Å²) in [5.41, 5.74) is 4.40.